The van der Waals surface area contributed by atoms with Crippen molar-refractivity contribution in [3.05, 3.63) is 29.6 Å². The van der Waals surface area contributed by atoms with Crippen LogP contribution in [0.2, 0.25) is 0 Å². The summed E-state index contributed by atoms with van der Waals surface area (Å²) < 4.78 is 12.9. The molecule has 1 aromatic carbocycles. The molecule has 1 fully saturated rings. The lowest BCUT2D eigenvalue weighted by molar-refractivity contribution is 0.0937. The predicted octanol–water partition coefficient (Wildman–Crippen LogP) is 0.623. The maximum Gasteiger partial charge on any atom is 0.255 e. The van der Waals surface area contributed by atoms with E-state index in [0.717, 1.165) is 25.1 Å². The SMILES string of the molecule is O=C(N[C@H]1CCNC1)c1cc(F)ccc1O. The molecular weight excluding hydrogens is 211 g/mol. The van der Waals surface area contributed by atoms with Crippen LogP contribution in [0.1, 0.15) is 16.8 Å². The van der Waals surface area contributed by atoms with Crippen molar-refractivity contribution in [2.45, 2.75) is 12.5 Å². The van der Waals surface area contributed by atoms with Crippen LogP contribution in [0.25, 0.3) is 0 Å². The van der Waals surface area contributed by atoms with E-state index in [1.165, 1.54) is 6.07 Å². The molecule has 1 aromatic rings. The first kappa shape index (κ1) is 10.9. The van der Waals surface area contributed by atoms with Crippen LogP contribution in [0.15, 0.2) is 18.2 Å². The van der Waals surface area contributed by atoms with Crippen LogP contribution >= 0.6 is 0 Å². The Bertz CT molecular complexity index is 403. The molecule has 1 amide bonds. The minimum absolute atomic E-state index is 0.0214. The van der Waals surface area contributed by atoms with Crippen molar-refractivity contribution in [1.29, 1.82) is 0 Å². The van der Waals surface area contributed by atoms with Gasteiger partial charge in [0.15, 0.2) is 0 Å². The van der Waals surface area contributed by atoms with E-state index in [1.807, 2.05) is 0 Å². The molecule has 0 radical (unpaired) electrons. The summed E-state index contributed by atoms with van der Waals surface area (Å²) in [4.78, 5) is 11.7. The minimum Gasteiger partial charge on any atom is -0.507 e. The average Bonchev–Trinajstić information content (AvgIpc) is 2.74. The highest BCUT2D eigenvalue weighted by atomic mass is 19.1. The fraction of sp³-hybridized carbons (Fsp3) is 0.364. The Morgan fingerprint density at radius 2 is 2.38 bits per heavy atom. The van der Waals surface area contributed by atoms with E-state index >= 15 is 0 Å². The quantitative estimate of drug-likeness (QED) is 0.690. The predicted molar refractivity (Wildman–Crippen MR) is 56.8 cm³/mol. The summed E-state index contributed by atoms with van der Waals surface area (Å²) in [5.74, 6) is -1.18. The summed E-state index contributed by atoms with van der Waals surface area (Å²) >= 11 is 0. The van der Waals surface area contributed by atoms with Gasteiger partial charge in [-0.3, -0.25) is 4.79 Å². The lowest BCUT2D eigenvalue weighted by Gasteiger charge is -2.11. The number of hydrogen-bond acceptors (Lipinski definition) is 3. The number of hydrogen-bond donors (Lipinski definition) is 3. The zero-order valence-electron chi connectivity index (χ0n) is 8.66. The van der Waals surface area contributed by atoms with Crippen molar-refractivity contribution in [2.24, 2.45) is 0 Å². The zero-order chi connectivity index (χ0) is 11.5. The zero-order valence-corrected chi connectivity index (χ0v) is 8.66. The van der Waals surface area contributed by atoms with Crippen molar-refractivity contribution >= 4 is 5.91 Å². The highest BCUT2D eigenvalue weighted by molar-refractivity contribution is 5.97. The summed E-state index contributed by atoms with van der Waals surface area (Å²) in [7, 11) is 0. The second kappa shape index (κ2) is 4.49. The van der Waals surface area contributed by atoms with Gasteiger partial charge >= 0.3 is 0 Å². The fourth-order valence-corrected chi connectivity index (χ4v) is 1.73. The Kier molecular flexibility index (Phi) is 3.05. The molecule has 0 saturated carbocycles. The first-order valence-corrected chi connectivity index (χ1v) is 5.17. The number of benzene rings is 1. The largest absolute Gasteiger partial charge is 0.507 e. The first-order chi connectivity index (χ1) is 7.66. The maximum atomic E-state index is 12.9. The van der Waals surface area contributed by atoms with E-state index in [2.05, 4.69) is 10.6 Å². The molecule has 0 bridgehead atoms. The average molecular weight is 224 g/mol. The van der Waals surface area contributed by atoms with Gasteiger partial charge in [0.25, 0.3) is 5.91 Å². The van der Waals surface area contributed by atoms with Gasteiger partial charge in [0.2, 0.25) is 0 Å². The molecule has 1 aliphatic rings. The van der Waals surface area contributed by atoms with Gasteiger partial charge in [-0.1, -0.05) is 0 Å². The minimum atomic E-state index is -0.535. The molecule has 0 unspecified atom stereocenters. The number of halogens is 1. The third-order valence-corrected chi connectivity index (χ3v) is 2.60. The van der Waals surface area contributed by atoms with Gasteiger partial charge in [-0.25, -0.2) is 4.39 Å². The number of carbonyl (C=O) groups excluding carboxylic acids is 1. The van der Waals surface area contributed by atoms with E-state index in [4.69, 9.17) is 0 Å². The third-order valence-electron chi connectivity index (χ3n) is 2.60. The molecule has 0 aromatic heterocycles. The molecule has 1 aliphatic heterocycles. The van der Waals surface area contributed by atoms with Crippen molar-refractivity contribution in [1.82, 2.24) is 10.6 Å². The van der Waals surface area contributed by atoms with Crippen LogP contribution < -0.4 is 10.6 Å². The van der Waals surface area contributed by atoms with E-state index < -0.39 is 11.7 Å². The smallest absolute Gasteiger partial charge is 0.255 e. The van der Waals surface area contributed by atoms with E-state index in [9.17, 15) is 14.3 Å². The Hall–Kier alpha value is -1.62. The second-order valence-electron chi connectivity index (χ2n) is 3.82. The van der Waals surface area contributed by atoms with Crippen molar-refractivity contribution in [3.63, 3.8) is 0 Å². The number of phenolic OH excluding ortho intramolecular Hbond substituents is 1. The van der Waals surface area contributed by atoms with Crippen LogP contribution in [0.4, 0.5) is 4.39 Å². The van der Waals surface area contributed by atoms with Crippen molar-refractivity contribution in [2.75, 3.05) is 13.1 Å². The fourth-order valence-electron chi connectivity index (χ4n) is 1.73. The number of rotatable bonds is 2. The molecular formula is C11H13FN2O2. The molecule has 1 atom stereocenters. The third kappa shape index (κ3) is 2.30. The van der Waals surface area contributed by atoms with Crippen molar-refractivity contribution < 1.29 is 14.3 Å². The topological polar surface area (TPSA) is 61.4 Å². The summed E-state index contributed by atoms with van der Waals surface area (Å²) in [6, 6.07) is 3.38. The monoisotopic (exact) mass is 224 g/mol. The normalized spacial score (nSPS) is 19.7. The van der Waals surface area contributed by atoms with Gasteiger partial charge in [0.1, 0.15) is 11.6 Å². The summed E-state index contributed by atoms with van der Waals surface area (Å²) in [6.07, 6.45) is 0.849. The maximum absolute atomic E-state index is 12.9. The van der Waals surface area contributed by atoms with E-state index in [-0.39, 0.29) is 17.4 Å². The highest BCUT2D eigenvalue weighted by Crippen LogP contribution is 2.17. The lowest BCUT2D eigenvalue weighted by Crippen LogP contribution is -2.36. The number of amides is 1. The Morgan fingerprint density at radius 1 is 1.56 bits per heavy atom. The van der Waals surface area contributed by atoms with Crippen LogP contribution in [0.3, 0.4) is 0 Å². The molecule has 0 spiro atoms. The summed E-state index contributed by atoms with van der Waals surface area (Å²) in [5.41, 5.74) is -0.0214. The van der Waals surface area contributed by atoms with E-state index in [0.29, 0.717) is 6.54 Å². The van der Waals surface area contributed by atoms with Gasteiger partial charge in [-0.05, 0) is 31.2 Å². The van der Waals surface area contributed by atoms with Crippen LogP contribution in [-0.2, 0) is 0 Å². The lowest BCUT2D eigenvalue weighted by atomic mass is 10.1. The molecule has 16 heavy (non-hydrogen) atoms. The van der Waals surface area contributed by atoms with Gasteiger partial charge in [-0.2, -0.15) is 0 Å². The highest BCUT2D eigenvalue weighted by Gasteiger charge is 2.19. The molecule has 2 rings (SSSR count). The van der Waals surface area contributed by atoms with Crippen LogP contribution in [0.5, 0.6) is 5.75 Å². The molecule has 5 heteroatoms. The number of nitrogens with one attached hydrogen (secondary N) is 2. The summed E-state index contributed by atoms with van der Waals surface area (Å²) in [6.45, 7) is 1.57. The number of phenols is 1. The number of aromatic hydroxyl groups is 1. The molecule has 1 heterocycles. The number of carbonyl (C=O) groups is 1. The Balaban J connectivity index is 2.10. The van der Waals surface area contributed by atoms with Crippen molar-refractivity contribution in [3.8, 4) is 5.75 Å². The molecule has 3 N–H and O–H groups in total. The molecule has 4 nitrogen and oxygen atoms in total. The Morgan fingerprint density at radius 3 is 3.06 bits per heavy atom. The van der Waals surface area contributed by atoms with E-state index in [1.54, 1.807) is 0 Å². The first-order valence-electron chi connectivity index (χ1n) is 5.17. The van der Waals surface area contributed by atoms with Crippen LogP contribution in [0, 0.1) is 5.82 Å². The van der Waals surface area contributed by atoms with Gasteiger partial charge in [-0.15, -0.1) is 0 Å². The van der Waals surface area contributed by atoms with Crippen LogP contribution in [-0.4, -0.2) is 30.1 Å². The van der Waals surface area contributed by atoms with Gasteiger partial charge in [0, 0.05) is 12.6 Å². The van der Waals surface area contributed by atoms with Gasteiger partial charge in [0.05, 0.1) is 5.56 Å². The molecule has 0 aliphatic carbocycles. The second-order valence-corrected chi connectivity index (χ2v) is 3.82. The standard InChI is InChI=1S/C11H13FN2O2/c12-7-1-2-10(15)9(5-7)11(16)14-8-3-4-13-6-8/h1-2,5,8,13,15H,3-4,6H2,(H,14,16)/t8-/m0/s1. The van der Waals surface area contributed by atoms with Gasteiger partial charge < -0.3 is 15.7 Å². The molecule has 86 valence electrons. The Labute approximate surface area is 92.5 Å². The molecule has 1 saturated heterocycles. The summed E-state index contributed by atoms with van der Waals surface area (Å²) in [5, 5.41) is 15.3.